The van der Waals surface area contributed by atoms with Crippen molar-refractivity contribution in [3.05, 3.63) is 41.8 Å². The number of carbonyl (C=O) groups is 2. The van der Waals surface area contributed by atoms with E-state index in [1.54, 1.807) is 6.07 Å². The predicted molar refractivity (Wildman–Crippen MR) is 66.4 cm³/mol. The summed E-state index contributed by atoms with van der Waals surface area (Å²) in [5.41, 5.74) is 0.267. The molecule has 0 aliphatic rings. The highest BCUT2D eigenvalue weighted by molar-refractivity contribution is 5.91. The highest BCUT2D eigenvalue weighted by Gasteiger charge is 2.10. The second-order valence-corrected chi connectivity index (χ2v) is 4.01. The van der Waals surface area contributed by atoms with Crippen LogP contribution in [0.1, 0.15) is 5.56 Å². The summed E-state index contributed by atoms with van der Waals surface area (Å²) in [6, 6.07) is 5.95. The van der Waals surface area contributed by atoms with Crippen LogP contribution < -0.4 is 5.32 Å². The largest absolute Gasteiger partial charge is 0.480 e. The highest BCUT2D eigenvalue weighted by atomic mass is 19.1. The molecule has 0 saturated heterocycles. The number of anilines is 1. The molecule has 0 aliphatic carbocycles. The standard InChI is InChI=1S/C12H11FN4O3/c13-9-4-2-1-3-8(9)5-11(18)14-10-6-17(16-15-10)7-12(19)20/h1-4,6H,5,7H2,(H,14,18)(H,19,20). The maximum absolute atomic E-state index is 13.4. The van der Waals surface area contributed by atoms with Gasteiger partial charge in [-0.3, -0.25) is 9.59 Å². The van der Waals surface area contributed by atoms with Gasteiger partial charge < -0.3 is 10.4 Å². The number of aromatic nitrogens is 3. The van der Waals surface area contributed by atoms with E-state index in [0.29, 0.717) is 0 Å². The lowest BCUT2D eigenvalue weighted by Crippen LogP contribution is -2.15. The van der Waals surface area contributed by atoms with E-state index in [-0.39, 0.29) is 24.3 Å². The van der Waals surface area contributed by atoms with Crippen LogP contribution in [0.5, 0.6) is 0 Å². The molecule has 2 rings (SSSR count). The molecule has 20 heavy (non-hydrogen) atoms. The van der Waals surface area contributed by atoms with Crippen molar-refractivity contribution >= 4 is 17.7 Å². The third-order valence-corrected chi connectivity index (χ3v) is 2.41. The molecular weight excluding hydrogens is 267 g/mol. The van der Waals surface area contributed by atoms with E-state index in [9.17, 15) is 14.0 Å². The van der Waals surface area contributed by atoms with Crippen molar-refractivity contribution in [2.24, 2.45) is 0 Å². The van der Waals surface area contributed by atoms with Crippen LogP contribution >= 0.6 is 0 Å². The topological polar surface area (TPSA) is 97.1 Å². The second-order valence-electron chi connectivity index (χ2n) is 4.01. The lowest BCUT2D eigenvalue weighted by molar-refractivity contribution is -0.137. The Morgan fingerprint density at radius 3 is 2.80 bits per heavy atom. The monoisotopic (exact) mass is 278 g/mol. The van der Waals surface area contributed by atoms with Crippen LogP contribution in [0.25, 0.3) is 0 Å². The van der Waals surface area contributed by atoms with Crippen molar-refractivity contribution in [3.63, 3.8) is 0 Å². The zero-order chi connectivity index (χ0) is 14.5. The van der Waals surface area contributed by atoms with Crippen LogP contribution in [-0.2, 0) is 22.6 Å². The predicted octanol–water partition coefficient (Wildman–Crippen LogP) is 0.683. The Morgan fingerprint density at radius 1 is 1.35 bits per heavy atom. The third-order valence-electron chi connectivity index (χ3n) is 2.41. The molecule has 1 heterocycles. The minimum absolute atomic E-state index is 0.118. The molecule has 104 valence electrons. The molecule has 8 heteroatoms. The van der Waals surface area contributed by atoms with E-state index < -0.39 is 17.7 Å². The van der Waals surface area contributed by atoms with Crippen molar-refractivity contribution in [2.45, 2.75) is 13.0 Å². The van der Waals surface area contributed by atoms with Crippen molar-refractivity contribution in [1.82, 2.24) is 15.0 Å². The average Bonchev–Trinajstić information content (AvgIpc) is 2.78. The van der Waals surface area contributed by atoms with Gasteiger partial charge in [-0.05, 0) is 11.6 Å². The summed E-state index contributed by atoms with van der Waals surface area (Å²) in [7, 11) is 0. The number of aliphatic carboxylic acids is 1. The smallest absolute Gasteiger partial charge is 0.325 e. The van der Waals surface area contributed by atoms with Gasteiger partial charge in [0.25, 0.3) is 0 Å². The van der Waals surface area contributed by atoms with E-state index in [2.05, 4.69) is 15.6 Å². The molecule has 2 aromatic rings. The molecule has 0 bridgehead atoms. The number of amides is 1. The number of hydrogen-bond acceptors (Lipinski definition) is 4. The maximum atomic E-state index is 13.4. The fraction of sp³-hybridized carbons (Fsp3) is 0.167. The van der Waals surface area contributed by atoms with Gasteiger partial charge in [-0.25, -0.2) is 9.07 Å². The molecule has 0 fully saturated rings. The fourth-order valence-electron chi connectivity index (χ4n) is 1.57. The molecule has 0 radical (unpaired) electrons. The first kappa shape index (κ1) is 13.7. The minimum Gasteiger partial charge on any atom is -0.480 e. The first-order chi connectivity index (χ1) is 9.54. The molecule has 0 atom stereocenters. The van der Waals surface area contributed by atoms with Gasteiger partial charge in [0, 0.05) is 0 Å². The van der Waals surface area contributed by atoms with Gasteiger partial charge in [-0.2, -0.15) is 0 Å². The Balaban J connectivity index is 1.96. The minimum atomic E-state index is -1.07. The van der Waals surface area contributed by atoms with E-state index in [4.69, 9.17) is 5.11 Å². The number of nitrogens with one attached hydrogen (secondary N) is 1. The Morgan fingerprint density at radius 2 is 2.10 bits per heavy atom. The van der Waals surface area contributed by atoms with E-state index in [1.807, 2.05) is 0 Å². The molecular formula is C12H11FN4O3. The SMILES string of the molecule is O=C(O)Cn1cc(NC(=O)Cc2ccccc2F)nn1. The van der Waals surface area contributed by atoms with Crippen LogP contribution in [0.15, 0.2) is 30.5 Å². The summed E-state index contributed by atoms with van der Waals surface area (Å²) in [6.07, 6.45) is 1.14. The highest BCUT2D eigenvalue weighted by Crippen LogP contribution is 2.08. The molecule has 1 aromatic carbocycles. The molecule has 0 unspecified atom stereocenters. The molecule has 2 N–H and O–H groups in total. The summed E-state index contributed by atoms with van der Waals surface area (Å²) in [5, 5.41) is 18.1. The zero-order valence-electron chi connectivity index (χ0n) is 10.3. The Hall–Kier alpha value is -2.77. The molecule has 1 amide bonds. The molecule has 1 aromatic heterocycles. The lowest BCUT2D eigenvalue weighted by Gasteiger charge is -2.02. The lowest BCUT2D eigenvalue weighted by atomic mass is 10.1. The number of rotatable bonds is 5. The van der Waals surface area contributed by atoms with Crippen LogP contribution in [0.2, 0.25) is 0 Å². The van der Waals surface area contributed by atoms with Crippen molar-refractivity contribution in [1.29, 1.82) is 0 Å². The number of carboxylic acid groups (broad SMARTS) is 1. The number of benzene rings is 1. The summed E-state index contributed by atoms with van der Waals surface area (Å²) in [5.74, 6) is -1.87. The Bertz CT molecular complexity index is 641. The summed E-state index contributed by atoms with van der Waals surface area (Å²) < 4.78 is 14.4. The van der Waals surface area contributed by atoms with Crippen molar-refractivity contribution in [2.75, 3.05) is 5.32 Å². The first-order valence-electron chi connectivity index (χ1n) is 5.70. The number of halogens is 1. The Labute approximate surface area is 113 Å². The van der Waals surface area contributed by atoms with Gasteiger partial charge >= 0.3 is 5.97 Å². The summed E-state index contributed by atoms with van der Waals surface area (Å²) in [6.45, 7) is -0.351. The van der Waals surface area contributed by atoms with Crippen LogP contribution in [-0.4, -0.2) is 32.0 Å². The van der Waals surface area contributed by atoms with Crippen LogP contribution in [0.3, 0.4) is 0 Å². The second kappa shape index (κ2) is 5.91. The number of hydrogen-bond donors (Lipinski definition) is 2. The number of carboxylic acids is 1. The van der Waals surface area contributed by atoms with E-state index in [0.717, 1.165) is 4.68 Å². The van der Waals surface area contributed by atoms with Gasteiger partial charge in [-0.1, -0.05) is 23.4 Å². The molecule has 0 saturated carbocycles. The molecule has 0 spiro atoms. The van der Waals surface area contributed by atoms with Gasteiger partial charge in [0.15, 0.2) is 5.82 Å². The van der Waals surface area contributed by atoms with Gasteiger partial charge in [0.2, 0.25) is 5.91 Å². The maximum Gasteiger partial charge on any atom is 0.325 e. The quantitative estimate of drug-likeness (QED) is 0.838. The van der Waals surface area contributed by atoms with Gasteiger partial charge in [0.05, 0.1) is 12.6 Å². The fourth-order valence-corrected chi connectivity index (χ4v) is 1.57. The van der Waals surface area contributed by atoms with Gasteiger partial charge in [-0.15, -0.1) is 5.10 Å². The van der Waals surface area contributed by atoms with Gasteiger partial charge in [0.1, 0.15) is 12.4 Å². The van der Waals surface area contributed by atoms with Crippen molar-refractivity contribution < 1.29 is 19.1 Å². The average molecular weight is 278 g/mol. The first-order valence-corrected chi connectivity index (χ1v) is 5.70. The normalized spacial score (nSPS) is 10.2. The third kappa shape index (κ3) is 3.61. The van der Waals surface area contributed by atoms with E-state index >= 15 is 0 Å². The summed E-state index contributed by atoms with van der Waals surface area (Å²) in [4.78, 5) is 22.2. The number of nitrogens with zero attached hydrogens (tertiary/aromatic N) is 3. The zero-order valence-corrected chi connectivity index (χ0v) is 10.3. The Kier molecular flexibility index (Phi) is 4.04. The summed E-state index contributed by atoms with van der Waals surface area (Å²) >= 11 is 0. The van der Waals surface area contributed by atoms with Crippen LogP contribution in [0, 0.1) is 5.82 Å². The molecule has 7 nitrogen and oxygen atoms in total. The van der Waals surface area contributed by atoms with E-state index in [1.165, 1.54) is 24.4 Å². The molecule has 0 aliphatic heterocycles. The number of carbonyl (C=O) groups excluding carboxylic acids is 1. The van der Waals surface area contributed by atoms with Crippen LogP contribution in [0.4, 0.5) is 10.2 Å². The van der Waals surface area contributed by atoms with Crippen molar-refractivity contribution in [3.8, 4) is 0 Å².